The summed E-state index contributed by atoms with van der Waals surface area (Å²) in [5.41, 5.74) is 1.06. The van der Waals surface area contributed by atoms with E-state index in [0.29, 0.717) is 4.90 Å². The molecule has 2 nitrogen and oxygen atoms in total. The maximum absolute atomic E-state index is 10.3. The molecule has 1 atom stereocenters. The van der Waals surface area contributed by atoms with Gasteiger partial charge in [-0.3, -0.25) is 4.21 Å². The molecule has 0 fully saturated rings. The zero-order chi connectivity index (χ0) is 7.56. The highest BCUT2D eigenvalue weighted by atomic mass is 32.2. The Morgan fingerprint density at radius 2 is 1.73 bits per heavy atom. The number of aryl methyl sites for hydroxylation is 1. The van der Waals surface area contributed by atoms with E-state index in [1.165, 1.54) is 0 Å². The van der Waals surface area contributed by atoms with Gasteiger partial charge in [0.25, 0.3) is 0 Å². The largest absolute Gasteiger partial charge is 0.768 e. The van der Waals surface area contributed by atoms with Crippen molar-refractivity contribution >= 4 is 11.1 Å². The highest BCUT2D eigenvalue weighted by Crippen LogP contribution is 2.05. The lowest BCUT2D eigenvalue weighted by Crippen LogP contribution is -1.87. The summed E-state index contributed by atoms with van der Waals surface area (Å²) in [5.74, 6) is 0. The third-order valence-corrected chi connectivity index (χ3v) is 1.87. The van der Waals surface area contributed by atoms with Crippen LogP contribution in [-0.4, -0.2) is 8.76 Å². The van der Waals surface area contributed by atoms with Crippen molar-refractivity contribution in [2.24, 2.45) is 0 Å². The van der Waals surface area contributed by atoms with Crippen molar-refractivity contribution in [3.8, 4) is 0 Å². The Hall–Kier alpha value is -0.670. The third-order valence-electron chi connectivity index (χ3n) is 1.21. The predicted octanol–water partition coefficient (Wildman–Crippen LogP) is 1.87. The Labute approximate surface area is 69.5 Å². The van der Waals surface area contributed by atoms with Crippen LogP contribution < -0.4 is 0 Å². The monoisotopic (exact) mass is 171 g/mol. The molecule has 0 spiro atoms. The fourth-order valence-corrected chi connectivity index (χ4v) is 1.01. The molecule has 62 valence electrons. The molecule has 0 aliphatic heterocycles. The Morgan fingerprint density at radius 1 is 1.27 bits per heavy atom. The topological polar surface area (TPSA) is 40.1 Å². The Morgan fingerprint density at radius 3 is 2.09 bits per heavy atom. The summed E-state index contributed by atoms with van der Waals surface area (Å²) < 4.78 is 20.6. The molecule has 0 bridgehead atoms. The lowest BCUT2D eigenvalue weighted by atomic mass is 10.2. The standard InChI is InChI=1S/C7H8O2S.CH4/c1-6-2-4-7(5-3-6)10(8)9;/h2-5H,1H3,(H,8,9);1H4/p-1. The van der Waals surface area contributed by atoms with Crippen LogP contribution in [0.4, 0.5) is 0 Å². The summed E-state index contributed by atoms with van der Waals surface area (Å²) in [5, 5.41) is 0. The van der Waals surface area contributed by atoms with E-state index < -0.39 is 11.1 Å². The smallest absolute Gasteiger partial charge is 0.0248 e. The first kappa shape index (κ1) is 10.3. The molecule has 11 heavy (non-hydrogen) atoms. The van der Waals surface area contributed by atoms with Gasteiger partial charge in [0.1, 0.15) is 0 Å². The first-order chi connectivity index (χ1) is 4.70. The quantitative estimate of drug-likeness (QED) is 0.605. The molecule has 0 radical (unpaired) electrons. The van der Waals surface area contributed by atoms with Crippen molar-refractivity contribution in [3.05, 3.63) is 29.8 Å². The highest BCUT2D eigenvalue weighted by molar-refractivity contribution is 7.79. The summed E-state index contributed by atoms with van der Waals surface area (Å²) >= 11 is -2.09. The van der Waals surface area contributed by atoms with Crippen molar-refractivity contribution in [1.82, 2.24) is 0 Å². The SMILES string of the molecule is C.Cc1ccc(S(=O)[O-])cc1. The lowest BCUT2D eigenvalue weighted by molar-refractivity contribution is 0.537. The van der Waals surface area contributed by atoms with Crippen molar-refractivity contribution in [1.29, 1.82) is 0 Å². The summed E-state index contributed by atoms with van der Waals surface area (Å²) in [6.45, 7) is 1.91. The second-order valence-electron chi connectivity index (χ2n) is 2.05. The second-order valence-corrected chi connectivity index (χ2v) is 2.99. The van der Waals surface area contributed by atoms with Crippen molar-refractivity contribution < 1.29 is 8.76 Å². The Kier molecular flexibility index (Phi) is 4.00. The van der Waals surface area contributed by atoms with Gasteiger partial charge < -0.3 is 4.55 Å². The van der Waals surface area contributed by atoms with Gasteiger partial charge in [-0.2, -0.15) is 0 Å². The second kappa shape index (κ2) is 4.26. The molecule has 0 aliphatic carbocycles. The molecular formula is C8H11O2S-. The maximum atomic E-state index is 10.3. The van der Waals surface area contributed by atoms with Gasteiger partial charge in [-0.25, -0.2) is 0 Å². The summed E-state index contributed by atoms with van der Waals surface area (Å²) in [7, 11) is 0. The van der Waals surface area contributed by atoms with Gasteiger partial charge in [0.05, 0.1) is 0 Å². The molecule has 0 saturated carbocycles. The van der Waals surface area contributed by atoms with Gasteiger partial charge in [-0.15, -0.1) is 0 Å². The van der Waals surface area contributed by atoms with E-state index in [0.717, 1.165) is 5.56 Å². The molecule has 1 aromatic rings. The van der Waals surface area contributed by atoms with E-state index >= 15 is 0 Å². The molecule has 0 aromatic heterocycles. The highest BCUT2D eigenvalue weighted by Gasteiger charge is 1.88. The lowest BCUT2D eigenvalue weighted by Gasteiger charge is -2.03. The van der Waals surface area contributed by atoms with Gasteiger partial charge in [-0.1, -0.05) is 25.1 Å². The molecule has 0 aliphatic rings. The first-order valence-corrected chi connectivity index (χ1v) is 3.93. The minimum absolute atomic E-state index is 0. The minimum Gasteiger partial charge on any atom is -0.768 e. The van der Waals surface area contributed by atoms with Crippen LogP contribution in [0.3, 0.4) is 0 Å². The molecule has 1 unspecified atom stereocenters. The number of benzene rings is 1. The normalized spacial score (nSPS) is 11.8. The van der Waals surface area contributed by atoms with Gasteiger partial charge in [0.2, 0.25) is 0 Å². The predicted molar refractivity (Wildman–Crippen MR) is 45.1 cm³/mol. The van der Waals surface area contributed by atoms with Crippen LogP contribution in [0.1, 0.15) is 13.0 Å². The Balaban J connectivity index is 0.000001000. The van der Waals surface area contributed by atoms with E-state index in [2.05, 4.69) is 0 Å². The van der Waals surface area contributed by atoms with Crippen LogP contribution in [0, 0.1) is 6.92 Å². The van der Waals surface area contributed by atoms with Crippen LogP contribution in [0.5, 0.6) is 0 Å². The average molecular weight is 171 g/mol. The molecule has 3 heteroatoms. The summed E-state index contributed by atoms with van der Waals surface area (Å²) in [6.07, 6.45) is 0. The number of rotatable bonds is 1. The molecule has 0 heterocycles. The van der Waals surface area contributed by atoms with Crippen molar-refractivity contribution in [2.45, 2.75) is 19.2 Å². The molecule has 0 N–H and O–H groups in total. The zero-order valence-corrected chi connectivity index (χ0v) is 6.35. The summed E-state index contributed by atoms with van der Waals surface area (Å²) in [4.78, 5) is 0.339. The summed E-state index contributed by atoms with van der Waals surface area (Å²) in [6, 6.07) is 6.70. The fourth-order valence-electron chi connectivity index (χ4n) is 0.649. The van der Waals surface area contributed by atoms with E-state index in [1.54, 1.807) is 24.3 Å². The van der Waals surface area contributed by atoms with Crippen LogP contribution in [0.25, 0.3) is 0 Å². The molecule has 0 amide bonds. The third kappa shape index (κ3) is 2.82. The van der Waals surface area contributed by atoms with Crippen LogP contribution in [-0.2, 0) is 11.1 Å². The van der Waals surface area contributed by atoms with E-state index in [9.17, 15) is 8.76 Å². The van der Waals surface area contributed by atoms with E-state index in [-0.39, 0.29) is 7.43 Å². The Bertz CT molecular complexity index is 241. The van der Waals surface area contributed by atoms with Crippen molar-refractivity contribution in [3.63, 3.8) is 0 Å². The van der Waals surface area contributed by atoms with E-state index in [4.69, 9.17) is 0 Å². The minimum atomic E-state index is -2.09. The van der Waals surface area contributed by atoms with Gasteiger partial charge >= 0.3 is 0 Å². The first-order valence-electron chi connectivity index (χ1n) is 2.86. The van der Waals surface area contributed by atoms with Gasteiger partial charge in [0, 0.05) is 4.90 Å². The molecular weight excluding hydrogens is 160 g/mol. The zero-order valence-electron chi connectivity index (χ0n) is 5.53. The molecule has 0 saturated heterocycles. The fraction of sp³-hybridized carbons (Fsp3) is 0.250. The van der Waals surface area contributed by atoms with Gasteiger partial charge in [0.15, 0.2) is 0 Å². The number of hydrogen-bond donors (Lipinski definition) is 0. The van der Waals surface area contributed by atoms with Crippen LogP contribution >= 0.6 is 0 Å². The average Bonchev–Trinajstić information content (AvgIpc) is 1.88. The van der Waals surface area contributed by atoms with Crippen LogP contribution in [0.2, 0.25) is 0 Å². The number of hydrogen-bond acceptors (Lipinski definition) is 2. The van der Waals surface area contributed by atoms with E-state index in [1.807, 2.05) is 6.92 Å². The maximum Gasteiger partial charge on any atom is 0.0248 e. The molecule has 1 aromatic carbocycles. The van der Waals surface area contributed by atoms with Gasteiger partial charge in [-0.05, 0) is 30.1 Å². The molecule has 1 rings (SSSR count). The van der Waals surface area contributed by atoms with Crippen LogP contribution in [0.15, 0.2) is 29.2 Å². The van der Waals surface area contributed by atoms with Crippen molar-refractivity contribution in [2.75, 3.05) is 0 Å².